The third-order valence-corrected chi connectivity index (χ3v) is 4.86. The highest BCUT2D eigenvalue weighted by atomic mass is 35.5. The van der Waals surface area contributed by atoms with Crippen LogP contribution in [-0.4, -0.2) is 31.4 Å². The van der Waals surface area contributed by atoms with Crippen molar-refractivity contribution in [2.45, 2.75) is 12.8 Å². The molecule has 5 nitrogen and oxygen atoms in total. The van der Waals surface area contributed by atoms with Gasteiger partial charge in [-0.3, -0.25) is 9.59 Å². The average molecular weight is 384 g/mol. The molecule has 1 saturated heterocycles. The van der Waals surface area contributed by atoms with Gasteiger partial charge in [0, 0.05) is 24.2 Å². The molecule has 138 valence electrons. The monoisotopic (exact) mass is 383 g/mol. The lowest BCUT2D eigenvalue weighted by Gasteiger charge is -2.19. The summed E-state index contributed by atoms with van der Waals surface area (Å²) in [7, 11) is 0. The van der Waals surface area contributed by atoms with E-state index in [2.05, 4.69) is 0 Å². The molecule has 0 saturated carbocycles. The highest BCUT2D eigenvalue weighted by Crippen LogP contribution is 2.38. The number of amides is 1. The van der Waals surface area contributed by atoms with E-state index in [1.807, 2.05) is 12.1 Å². The van der Waals surface area contributed by atoms with Crippen molar-refractivity contribution >= 4 is 35.1 Å². The topological polar surface area (TPSA) is 55.8 Å². The Morgan fingerprint density at radius 2 is 1.89 bits per heavy atom. The number of anilines is 1. The molecule has 2 aliphatic rings. The minimum absolute atomic E-state index is 0.125. The van der Waals surface area contributed by atoms with E-state index < -0.39 is 0 Å². The second-order valence-corrected chi connectivity index (χ2v) is 6.83. The van der Waals surface area contributed by atoms with Crippen molar-refractivity contribution in [2.24, 2.45) is 0 Å². The number of ether oxygens (including phenoxy) is 2. The SMILES string of the molecule is O=C(/C=C/c1cc(Cl)c2c(c1)OCCO2)c1ccc(N2CCCC2=O)cc1. The van der Waals surface area contributed by atoms with Crippen LogP contribution in [0.4, 0.5) is 5.69 Å². The molecular weight excluding hydrogens is 366 g/mol. The fourth-order valence-electron chi connectivity index (χ4n) is 3.22. The largest absolute Gasteiger partial charge is 0.486 e. The molecule has 0 unspecified atom stereocenters. The second kappa shape index (κ2) is 7.45. The van der Waals surface area contributed by atoms with Crippen LogP contribution in [0.3, 0.4) is 0 Å². The minimum Gasteiger partial charge on any atom is -0.486 e. The standard InChI is InChI=1S/C21H18ClNO4/c22-17-12-14(13-19-21(17)27-11-10-26-19)3-8-18(24)15-4-6-16(7-5-15)23-9-1-2-20(23)25/h3-8,12-13H,1-2,9-11H2/b8-3+. The first-order valence-electron chi connectivity index (χ1n) is 8.84. The van der Waals surface area contributed by atoms with Crippen molar-refractivity contribution < 1.29 is 19.1 Å². The fraction of sp³-hybridized carbons (Fsp3) is 0.238. The van der Waals surface area contributed by atoms with E-state index in [-0.39, 0.29) is 11.7 Å². The molecule has 0 radical (unpaired) electrons. The Morgan fingerprint density at radius 3 is 2.63 bits per heavy atom. The summed E-state index contributed by atoms with van der Waals surface area (Å²) in [5.74, 6) is 1.13. The lowest BCUT2D eigenvalue weighted by atomic mass is 10.1. The van der Waals surface area contributed by atoms with Crippen LogP contribution in [0.2, 0.25) is 5.02 Å². The number of hydrogen-bond donors (Lipinski definition) is 0. The summed E-state index contributed by atoms with van der Waals surface area (Å²) in [5.41, 5.74) is 2.15. The maximum Gasteiger partial charge on any atom is 0.227 e. The van der Waals surface area contributed by atoms with Crippen molar-refractivity contribution in [1.29, 1.82) is 0 Å². The summed E-state index contributed by atoms with van der Waals surface area (Å²) in [6.45, 7) is 1.68. The van der Waals surface area contributed by atoms with Crippen molar-refractivity contribution in [3.05, 3.63) is 58.6 Å². The van der Waals surface area contributed by atoms with Crippen molar-refractivity contribution in [1.82, 2.24) is 0 Å². The van der Waals surface area contributed by atoms with E-state index in [1.54, 1.807) is 35.2 Å². The summed E-state index contributed by atoms with van der Waals surface area (Å²) < 4.78 is 11.0. The number of benzene rings is 2. The van der Waals surface area contributed by atoms with Crippen LogP contribution in [-0.2, 0) is 4.79 Å². The number of carbonyl (C=O) groups is 2. The number of carbonyl (C=O) groups excluding carboxylic acids is 2. The molecule has 0 bridgehead atoms. The molecule has 2 aromatic rings. The third kappa shape index (κ3) is 3.69. The Balaban J connectivity index is 1.49. The summed E-state index contributed by atoms with van der Waals surface area (Å²) in [6, 6.07) is 10.6. The molecule has 6 heteroatoms. The molecule has 2 aliphatic heterocycles. The van der Waals surface area contributed by atoms with Gasteiger partial charge in [0.1, 0.15) is 13.2 Å². The van der Waals surface area contributed by atoms with Gasteiger partial charge in [0.15, 0.2) is 17.3 Å². The maximum absolute atomic E-state index is 12.4. The highest BCUT2D eigenvalue weighted by Gasteiger charge is 2.21. The first kappa shape index (κ1) is 17.6. The molecule has 27 heavy (non-hydrogen) atoms. The second-order valence-electron chi connectivity index (χ2n) is 6.42. The lowest BCUT2D eigenvalue weighted by molar-refractivity contribution is -0.117. The van der Waals surface area contributed by atoms with E-state index in [1.165, 1.54) is 6.08 Å². The first-order valence-corrected chi connectivity index (χ1v) is 9.21. The predicted molar refractivity (Wildman–Crippen MR) is 104 cm³/mol. The van der Waals surface area contributed by atoms with Crippen molar-refractivity contribution in [2.75, 3.05) is 24.7 Å². The van der Waals surface area contributed by atoms with Gasteiger partial charge in [-0.1, -0.05) is 17.7 Å². The minimum atomic E-state index is -0.125. The zero-order valence-electron chi connectivity index (χ0n) is 14.6. The Morgan fingerprint density at radius 1 is 1.11 bits per heavy atom. The number of nitrogens with zero attached hydrogens (tertiary/aromatic N) is 1. The number of fused-ring (bicyclic) bond motifs is 1. The van der Waals surface area contributed by atoms with E-state index in [9.17, 15) is 9.59 Å². The molecule has 0 aromatic heterocycles. The third-order valence-electron chi connectivity index (χ3n) is 4.58. The van der Waals surface area contributed by atoms with Crippen LogP contribution in [0, 0.1) is 0 Å². The van der Waals surface area contributed by atoms with Crippen LogP contribution in [0.25, 0.3) is 6.08 Å². The van der Waals surface area contributed by atoms with Gasteiger partial charge >= 0.3 is 0 Å². The van der Waals surface area contributed by atoms with Gasteiger partial charge in [-0.25, -0.2) is 0 Å². The molecular formula is C21H18ClNO4. The number of halogens is 1. The molecule has 1 amide bonds. The summed E-state index contributed by atoms with van der Waals surface area (Å²) in [4.78, 5) is 26.0. The molecule has 2 aromatic carbocycles. The number of hydrogen-bond acceptors (Lipinski definition) is 4. The lowest BCUT2D eigenvalue weighted by Crippen LogP contribution is -2.23. The Kier molecular flexibility index (Phi) is 4.86. The van der Waals surface area contributed by atoms with Crippen molar-refractivity contribution in [3.8, 4) is 11.5 Å². The molecule has 0 atom stereocenters. The van der Waals surface area contributed by atoms with Gasteiger partial charge in [-0.2, -0.15) is 0 Å². The Bertz CT molecular complexity index is 921. The van der Waals surface area contributed by atoms with Crippen LogP contribution in [0.5, 0.6) is 11.5 Å². The molecule has 0 spiro atoms. The van der Waals surface area contributed by atoms with Gasteiger partial charge in [0.25, 0.3) is 0 Å². The van der Waals surface area contributed by atoms with Crippen molar-refractivity contribution in [3.63, 3.8) is 0 Å². The van der Waals surface area contributed by atoms with Gasteiger partial charge in [-0.15, -0.1) is 0 Å². The zero-order chi connectivity index (χ0) is 18.8. The number of ketones is 1. The van der Waals surface area contributed by atoms with Gasteiger partial charge in [-0.05, 0) is 54.5 Å². The highest BCUT2D eigenvalue weighted by molar-refractivity contribution is 6.32. The molecule has 0 aliphatic carbocycles. The smallest absolute Gasteiger partial charge is 0.227 e. The summed E-state index contributed by atoms with van der Waals surface area (Å²) >= 11 is 6.22. The van der Waals surface area contributed by atoms with Crippen LogP contribution >= 0.6 is 11.6 Å². The van der Waals surface area contributed by atoms with E-state index in [0.717, 1.165) is 24.2 Å². The molecule has 0 N–H and O–H groups in total. The van der Waals surface area contributed by atoms with Gasteiger partial charge in [0.2, 0.25) is 5.91 Å². The Labute approximate surface area is 162 Å². The zero-order valence-corrected chi connectivity index (χ0v) is 15.4. The Hall–Kier alpha value is -2.79. The fourth-order valence-corrected chi connectivity index (χ4v) is 3.50. The predicted octanol–water partition coefficient (Wildman–Crippen LogP) is 4.13. The number of rotatable bonds is 4. The quantitative estimate of drug-likeness (QED) is 0.588. The van der Waals surface area contributed by atoms with Crippen LogP contribution in [0.1, 0.15) is 28.8 Å². The van der Waals surface area contributed by atoms with E-state index >= 15 is 0 Å². The first-order chi connectivity index (χ1) is 13.1. The van der Waals surface area contributed by atoms with Gasteiger partial charge < -0.3 is 14.4 Å². The average Bonchev–Trinajstić information content (AvgIpc) is 3.12. The van der Waals surface area contributed by atoms with E-state index in [0.29, 0.717) is 41.7 Å². The van der Waals surface area contributed by atoms with Crippen LogP contribution in [0.15, 0.2) is 42.5 Å². The molecule has 2 heterocycles. The normalized spacial score (nSPS) is 16.2. The summed E-state index contributed by atoms with van der Waals surface area (Å²) in [6.07, 6.45) is 4.66. The number of allylic oxidation sites excluding steroid dienone is 1. The van der Waals surface area contributed by atoms with Gasteiger partial charge in [0.05, 0.1) is 5.02 Å². The van der Waals surface area contributed by atoms with Crippen LogP contribution < -0.4 is 14.4 Å². The molecule has 1 fully saturated rings. The molecule has 4 rings (SSSR count). The van der Waals surface area contributed by atoms with E-state index in [4.69, 9.17) is 21.1 Å². The maximum atomic E-state index is 12.4. The summed E-state index contributed by atoms with van der Waals surface area (Å²) in [5, 5.41) is 0.457.